The van der Waals surface area contributed by atoms with Crippen LogP contribution in [0.2, 0.25) is 0 Å². The molecule has 0 saturated carbocycles. The van der Waals surface area contributed by atoms with Crippen LogP contribution in [0.1, 0.15) is 30.6 Å². The summed E-state index contributed by atoms with van der Waals surface area (Å²) in [5.41, 5.74) is -0.0184. The minimum Gasteiger partial charge on any atom is -0.497 e. The van der Waals surface area contributed by atoms with Crippen LogP contribution in [0.5, 0.6) is 11.5 Å². The van der Waals surface area contributed by atoms with E-state index in [0.29, 0.717) is 23.5 Å². The summed E-state index contributed by atoms with van der Waals surface area (Å²) >= 11 is 0. The summed E-state index contributed by atoms with van der Waals surface area (Å²) in [7, 11) is 3.06. The lowest BCUT2D eigenvalue weighted by Crippen LogP contribution is -2.42. The fraction of sp³-hybridized carbons (Fsp3) is 0.467. The van der Waals surface area contributed by atoms with Crippen molar-refractivity contribution in [2.75, 3.05) is 20.8 Å². The maximum absolute atomic E-state index is 12.6. The Balaban J connectivity index is 2.36. The van der Waals surface area contributed by atoms with Gasteiger partial charge in [0.05, 0.1) is 26.3 Å². The minimum atomic E-state index is -0.459. The van der Waals surface area contributed by atoms with Crippen LogP contribution in [0.4, 0.5) is 0 Å². The topological polar surface area (TPSA) is 55.8 Å². The Morgan fingerprint density at radius 1 is 1.25 bits per heavy atom. The molecule has 1 saturated heterocycles. The number of ketones is 1. The molecule has 0 aliphatic carbocycles. The quantitative estimate of drug-likeness (QED) is 0.846. The average molecular weight is 277 g/mol. The zero-order valence-corrected chi connectivity index (χ0v) is 12.2. The first-order chi connectivity index (χ1) is 9.39. The number of rotatable bonds is 3. The number of carbonyl (C=O) groups is 2. The van der Waals surface area contributed by atoms with Gasteiger partial charge in [0.15, 0.2) is 5.78 Å². The predicted molar refractivity (Wildman–Crippen MR) is 74.3 cm³/mol. The van der Waals surface area contributed by atoms with Crippen molar-refractivity contribution in [2.45, 2.75) is 25.8 Å². The molecule has 1 heterocycles. The second-order valence-electron chi connectivity index (χ2n) is 5.49. The molecule has 1 aliphatic rings. The van der Waals surface area contributed by atoms with E-state index in [1.807, 2.05) is 13.8 Å². The molecule has 1 amide bonds. The number of ether oxygens (including phenoxy) is 2. The van der Waals surface area contributed by atoms with Crippen molar-refractivity contribution >= 4 is 11.7 Å². The molecular formula is C15H19NO4. The number of nitrogens with zero attached hydrogens (tertiary/aromatic N) is 1. The third-order valence-corrected chi connectivity index (χ3v) is 3.58. The van der Waals surface area contributed by atoms with Gasteiger partial charge in [-0.25, -0.2) is 0 Å². The molecule has 0 atom stereocenters. The summed E-state index contributed by atoms with van der Waals surface area (Å²) < 4.78 is 10.4. The van der Waals surface area contributed by atoms with Crippen LogP contribution in [0.3, 0.4) is 0 Å². The van der Waals surface area contributed by atoms with Crippen LogP contribution in [0, 0.1) is 0 Å². The molecular weight excluding hydrogens is 258 g/mol. The largest absolute Gasteiger partial charge is 0.497 e. The van der Waals surface area contributed by atoms with E-state index < -0.39 is 5.54 Å². The number of Topliss-reactive ketones (excluding diaryl/α,β-unsaturated/α-hetero) is 1. The van der Waals surface area contributed by atoms with E-state index in [9.17, 15) is 9.59 Å². The van der Waals surface area contributed by atoms with Crippen LogP contribution in [0.25, 0.3) is 0 Å². The van der Waals surface area contributed by atoms with Gasteiger partial charge in [-0.2, -0.15) is 0 Å². The Bertz CT molecular complexity index is 551. The average Bonchev–Trinajstić information content (AvgIpc) is 2.70. The van der Waals surface area contributed by atoms with Gasteiger partial charge in [-0.1, -0.05) is 0 Å². The summed E-state index contributed by atoms with van der Waals surface area (Å²) in [5, 5.41) is 0. The Hall–Kier alpha value is -2.04. The van der Waals surface area contributed by atoms with E-state index in [2.05, 4.69) is 0 Å². The number of methoxy groups -OCH3 is 2. The molecule has 5 heteroatoms. The van der Waals surface area contributed by atoms with Gasteiger partial charge in [0.25, 0.3) is 5.91 Å². The fourth-order valence-corrected chi connectivity index (χ4v) is 2.49. The highest BCUT2D eigenvalue weighted by Crippen LogP contribution is 2.31. The molecule has 0 radical (unpaired) electrons. The number of likely N-dealkylation sites (tertiary alicyclic amines) is 1. The SMILES string of the molecule is COc1ccc(C(=O)N2CC(=O)CC2(C)C)c(OC)c1. The van der Waals surface area contributed by atoms with Crippen LogP contribution >= 0.6 is 0 Å². The van der Waals surface area contributed by atoms with Crippen molar-refractivity contribution in [2.24, 2.45) is 0 Å². The van der Waals surface area contributed by atoms with Crippen molar-refractivity contribution in [3.63, 3.8) is 0 Å². The molecule has 1 fully saturated rings. The molecule has 20 heavy (non-hydrogen) atoms. The van der Waals surface area contributed by atoms with Crippen molar-refractivity contribution < 1.29 is 19.1 Å². The molecule has 0 aromatic heterocycles. The number of amides is 1. The second kappa shape index (κ2) is 5.15. The maximum atomic E-state index is 12.6. The number of benzene rings is 1. The van der Waals surface area contributed by atoms with E-state index >= 15 is 0 Å². The van der Waals surface area contributed by atoms with Crippen LogP contribution < -0.4 is 9.47 Å². The summed E-state index contributed by atoms with van der Waals surface area (Å²) in [6.07, 6.45) is 0.386. The molecule has 108 valence electrons. The molecule has 0 N–H and O–H groups in total. The highest BCUT2D eigenvalue weighted by Gasteiger charge is 2.41. The third-order valence-electron chi connectivity index (χ3n) is 3.58. The van der Waals surface area contributed by atoms with Gasteiger partial charge in [0.2, 0.25) is 0 Å². The first-order valence-electron chi connectivity index (χ1n) is 6.45. The van der Waals surface area contributed by atoms with Gasteiger partial charge in [-0.05, 0) is 26.0 Å². The first kappa shape index (κ1) is 14.4. The van der Waals surface area contributed by atoms with E-state index in [1.165, 1.54) is 7.11 Å². The summed E-state index contributed by atoms with van der Waals surface area (Å²) in [6, 6.07) is 5.04. The van der Waals surface area contributed by atoms with Gasteiger partial charge >= 0.3 is 0 Å². The van der Waals surface area contributed by atoms with Crippen molar-refractivity contribution in [3.8, 4) is 11.5 Å². The van der Waals surface area contributed by atoms with Gasteiger partial charge in [0.1, 0.15) is 11.5 Å². The molecule has 2 rings (SSSR count). The Morgan fingerprint density at radius 2 is 1.95 bits per heavy atom. The van der Waals surface area contributed by atoms with E-state index in [0.717, 1.165) is 0 Å². The molecule has 1 aromatic rings. The predicted octanol–water partition coefficient (Wildman–Crippen LogP) is 1.90. The minimum absolute atomic E-state index is 0.0795. The van der Waals surface area contributed by atoms with Gasteiger partial charge in [-0.3, -0.25) is 9.59 Å². The van der Waals surface area contributed by atoms with Crippen LogP contribution in [-0.2, 0) is 4.79 Å². The van der Waals surface area contributed by atoms with Crippen molar-refractivity contribution in [1.82, 2.24) is 4.90 Å². The molecule has 0 unspecified atom stereocenters. The summed E-state index contributed by atoms with van der Waals surface area (Å²) in [4.78, 5) is 25.9. The molecule has 5 nitrogen and oxygen atoms in total. The van der Waals surface area contributed by atoms with E-state index in [4.69, 9.17) is 9.47 Å². The first-order valence-corrected chi connectivity index (χ1v) is 6.45. The number of hydrogen-bond donors (Lipinski definition) is 0. The zero-order chi connectivity index (χ0) is 14.9. The normalized spacial score (nSPS) is 17.2. The highest BCUT2D eigenvalue weighted by atomic mass is 16.5. The number of hydrogen-bond acceptors (Lipinski definition) is 4. The Morgan fingerprint density at radius 3 is 2.45 bits per heavy atom. The molecule has 0 bridgehead atoms. The third kappa shape index (κ3) is 2.48. The fourth-order valence-electron chi connectivity index (χ4n) is 2.49. The zero-order valence-electron chi connectivity index (χ0n) is 12.2. The summed E-state index contributed by atoms with van der Waals surface area (Å²) in [5.74, 6) is 0.954. The molecule has 0 spiro atoms. The van der Waals surface area contributed by atoms with E-state index in [1.54, 1.807) is 30.2 Å². The maximum Gasteiger partial charge on any atom is 0.258 e. The van der Waals surface area contributed by atoms with Crippen LogP contribution in [0.15, 0.2) is 18.2 Å². The Labute approximate surface area is 118 Å². The van der Waals surface area contributed by atoms with Crippen LogP contribution in [-0.4, -0.2) is 42.9 Å². The van der Waals surface area contributed by atoms with Crippen molar-refractivity contribution in [3.05, 3.63) is 23.8 Å². The lowest BCUT2D eigenvalue weighted by molar-refractivity contribution is -0.116. The standard InChI is InChI=1S/C15H19NO4/c1-15(2)8-10(17)9-16(15)14(18)12-6-5-11(19-3)7-13(12)20-4/h5-7H,8-9H2,1-4H3. The van der Waals surface area contributed by atoms with Gasteiger partial charge in [0, 0.05) is 18.0 Å². The van der Waals surface area contributed by atoms with Gasteiger partial charge < -0.3 is 14.4 Å². The van der Waals surface area contributed by atoms with Gasteiger partial charge in [-0.15, -0.1) is 0 Å². The second-order valence-corrected chi connectivity index (χ2v) is 5.49. The smallest absolute Gasteiger partial charge is 0.258 e. The highest BCUT2D eigenvalue weighted by molar-refractivity contribution is 6.01. The summed E-state index contributed by atoms with van der Waals surface area (Å²) in [6.45, 7) is 3.94. The monoisotopic (exact) mass is 277 g/mol. The lowest BCUT2D eigenvalue weighted by Gasteiger charge is -2.31. The molecule has 1 aliphatic heterocycles. The molecule has 1 aromatic carbocycles. The Kier molecular flexibility index (Phi) is 3.70. The van der Waals surface area contributed by atoms with Crippen molar-refractivity contribution in [1.29, 1.82) is 0 Å². The van der Waals surface area contributed by atoms with E-state index in [-0.39, 0.29) is 18.2 Å². The number of carbonyl (C=O) groups excluding carboxylic acids is 2. The lowest BCUT2D eigenvalue weighted by atomic mass is 10.0.